The Bertz CT molecular complexity index is 2430. The third-order valence-corrected chi connectivity index (χ3v) is 8.68. The van der Waals surface area contributed by atoms with E-state index in [1.807, 2.05) is 0 Å². The molecule has 2 heteroatoms. The first kappa shape index (κ1) is 23.1. The van der Waals surface area contributed by atoms with E-state index in [-0.39, 0.29) is 0 Å². The van der Waals surface area contributed by atoms with Crippen LogP contribution in [-0.2, 0) is 0 Å². The molecular formula is C40H26N2. The molecule has 0 fully saturated rings. The van der Waals surface area contributed by atoms with E-state index in [0.717, 1.165) is 5.69 Å². The van der Waals surface area contributed by atoms with Gasteiger partial charge >= 0.3 is 0 Å². The van der Waals surface area contributed by atoms with E-state index in [0.29, 0.717) is 0 Å². The normalized spacial score (nSPS) is 11.8. The lowest BCUT2D eigenvalue weighted by molar-refractivity contribution is 1.18. The lowest BCUT2D eigenvalue weighted by atomic mass is 9.99. The van der Waals surface area contributed by atoms with Crippen molar-refractivity contribution in [2.75, 3.05) is 0 Å². The minimum absolute atomic E-state index is 1.16. The van der Waals surface area contributed by atoms with Crippen LogP contribution in [0.3, 0.4) is 0 Å². The molecule has 0 atom stereocenters. The van der Waals surface area contributed by atoms with Gasteiger partial charge in [-0.2, -0.15) is 0 Å². The zero-order valence-electron chi connectivity index (χ0n) is 22.9. The summed E-state index contributed by atoms with van der Waals surface area (Å²) in [6.07, 6.45) is 0. The molecule has 9 rings (SSSR count). The molecule has 2 nitrogen and oxygen atoms in total. The molecule has 0 aliphatic rings. The molecule has 7 aromatic carbocycles. The highest BCUT2D eigenvalue weighted by molar-refractivity contribution is 6.37. The Morgan fingerprint density at radius 3 is 1.19 bits per heavy atom. The van der Waals surface area contributed by atoms with Crippen molar-refractivity contribution in [1.29, 1.82) is 0 Å². The number of hydrogen-bond donors (Lipinski definition) is 0. The highest BCUT2D eigenvalue weighted by Crippen LogP contribution is 2.46. The average molecular weight is 535 g/mol. The minimum Gasteiger partial charge on any atom is -0.309 e. The first-order valence-corrected chi connectivity index (χ1v) is 14.5. The van der Waals surface area contributed by atoms with E-state index in [9.17, 15) is 0 Å². The molecule has 0 saturated heterocycles. The standard InChI is InChI=1S/C40H26N2/c1-3-13-27(14-4-1)28-23-25-30(26-24-28)42-36-22-12-10-20-34(36)38-37-33-19-9-11-21-35(33)41(29-15-5-2-6-16-29)39(37)31-17-7-8-18-32(31)40(38)42/h1-26H. The minimum atomic E-state index is 1.16. The third kappa shape index (κ3) is 3.21. The highest BCUT2D eigenvalue weighted by Gasteiger charge is 2.23. The molecule has 2 aromatic heterocycles. The van der Waals surface area contributed by atoms with E-state index in [4.69, 9.17) is 0 Å². The molecule has 196 valence electrons. The van der Waals surface area contributed by atoms with E-state index < -0.39 is 0 Å². The molecule has 2 heterocycles. The van der Waals surface area contributed by atoms with Crippen LogP contribution in [0.4, 0.5) is 0 Å². The second kappa shape index (κ2) is 8.95. The summed E-state index contributed by atoms with van der Waals surface area (Å²) >= 11 is 0. The van der Waals surface area contributed by atoms with Gasteiger partial charge in [0.1, 0.15) is 0 Å². The molecule has 0 unspecified atom stereocenters. The number of hydrogen-bond acceptors (Lipinski definition) is 0. The predicted octanol–water partition coefficient (Wildman–Crippen LogP) is 10.7. The van der Waals surface area contributed by atoms with Crippen LogP contribution in [0.2, 0.25) is 0 Å². The highest BCUT2D eigenvalue weighted by atomic mass is 15.0. The average Bonchev–Trinajstić information content (AvgIpc) is 3.60. The predicted molar refractivity (Wildman–Crippen MR) is 178 cm³/mol. The maximum Gasteiger partial charge on any atom is 0.0627 e. The first-order valence-electron chi connectivity index (χ1n) is 14.5. The van der Waals surface area contributed by atoms with Gasteiger partial charge in [-0.15, -0.1) is 0 Å². The van der Waals surface area contributed by atoms with Crippen molar-refractivity contribution < 1.29 is 0 Å². The van der Waals surface area contributed by atoms with Crippen LogP contribution in [0.25, 0.3) is 76.9 Å². The Balaban J connectivity index is 1.48. The van der Waals surface area contributed by atoms with Crippen LogP contribution in [0.1, 0.15) is 0 Å². The number of para-hydroxylation sites is 3. The summed E-state index contributed by atoms with van der Waals surface area (Å²) in [5.41, 5.74) is 9.74. The van der Waals surface area contributed by atoms with Crippen molar-refractivity contribution in [3.8, 4) is 22.5 Å². The first-order chi connectivity index (χ1) is 20.9. The summed E-state index contributed by atoms with van der Waals surface area (Å²) in [5.74, 6) is 0. The summed E-state index contributed by atoms with van der Waals surface area (Å²) in [4.78, 5) is 0. The maximum absolute atomic E-state index is 2.47. The van der Waals surface area contributed by atoms with Gasteiger partial charge in [0.2, 0.25) is 0 Å². The van der Waals surface area contributed by atoms with Gasteiger partial charge in [-0.05, 0) is 47.5 Å². The van der Waals surface area contributed by atoms with Gasteiger partial charge in [-0.3, -0.25) is 0 Å². The van der Waals surface area contributed by atoms with Crippen LogP contribution < -0.4 is 0 Å². The number of nitrogens with zero attached hydrogens (tertiary/aromatic N) is 2. The van der Waals surface area contributed by atoms with Gasteiger partial charge < -0.3 is 9.13 Å². The summed E-state index contributed by atoms with van der Waals surface area (Å²) in [6, 6.07) is 57.0. The van der Waals surface area contributed by atoms with E-state index >= 15 is 0 Å². The number of rotatable bonds is 3. The van der Waals surface area contributed by atoms with Crippen LogP contribution >= 0.6 is 0 Å². The Morgan fingerprint density at radius 1 is 0.286 bits per heavy atom. The Labute approximate surface area is 243 Å². The Morgan fingerprint density at radius 2 is 0.667 bits per heavy atom. The summed E-state index contributed by atoms with van der Waals surface area (Å²) < 4.78 is 4.92. The molecule has 9 aromatic rings. The second-order valence-corrected chi connectivity index (χ2v) is 10.9. The van der Waals surface area contributed by atoms with E-state index in [1.165, 1.54) is 71.2 Å². The smallest absolute Gasteiger partial charge is 0.0627 e. The monoisotopic (exact) mass is 534 g/mol. The lowest BCUT2D eigenvalue weighted by Crippen LogP contribution is -1.96. The van der Waals surface area contributed by atoms with Crippen molar-refractivity contribution in [3.63, 3.8) is 0 Å². The molecule has 0 bridgehead atoms. The number of fused-ring (bicyclic) bond motifs is 10. The molecule has 42 heavy (non-hydrogen) atoms. The zero-order valence-corrected chi connectivity index (χ0v) is 22.9. The molecular weight excluding hydrogens is 508 g/mol. The molecule has 0 radical (unpaired) electrons. The van der Waals surface area contributed by atoms with Gasteiger partial charge in [0.25, 0.3) is 0 Å². The van der Waals surface area contributed by atoms with Crippen LogP contribution in [0, 0.1) is 0 Å². The van der Waals surface area contributed by atoms with Gasteiger partial charge in [0, 0.05) is 43.7 Å². The molecule has 0 spiro atoms. The SMILES string of the molecule is c1ccc(-c2ccc(-n3c4ccccc4c4c5c6ccccc6n(-c6ccccc6)c5c5ccccc5c43)cc2)cc1. The van der Waals surface area contributed by atoms with Crippen molar-refractivity contribution in [2.45, 2.75) is 0 Å². The van der Waals surface area contributed by atoms with E-state index in [1.54, 1.807) is 0 Å². The fourth-order valence-electron chi connectivity index (χ4n) is 6.94. The van der Waals surface area contributed by atoms with Gasteiger partial charge in [0.15, 0.2) is 0 Å². The summed E-state index contributed by atoms with van der Waals surface area (Å²) in [6.45, 7) is 0. The Kier molecular flexibility index (Phi) is 4.93. The topological polar surface area (TPSA) is 9.86 Å². The van der Waals surface area contributed by atoms with Gasteiger partial charge in [0.05, 0.1) is 22.1 Å². The summed E-state index contributed by atoms with van der Waals surface area (Å²) in [7, 11) is 0. The lowest BCUT2D eigenvalue weighted by Gasteiger charge is -2.13. The van der Waals surface area contributed by atoms with E-state index in [2.05, 4.69) is 167 Å². The molecule has 0 amide bonds. The van der Waals surface area contributed by atoms with Crippen molar-refractivity contribution in [3.05, 3.63) is 158 Å². The van der Waals surface area contributed by atoms with Crippen LogP contribution in [-0.4, -0.2) is 9.13 Å². The number of aromatic nitrogens is 2. The Hall–Kier alpha value is -5.60. The fraction of sp³-hybridized carbons (Fsp3) is 0. The number of benzene rings is 7. The third-order valence-electron chi connectivity index (χ3n) is 8.68. The molecule has 0 aliphatic heterocycles. The fourth-order valence-corrected chi connectivity index (χ4v) is 6.94. The molecule has 0 aliphatic carbocycles. The maximum atomic E-state index is 2.47. The quantitative estimate of drug-likeness (QED) is 0.213. The van der Waals surface area contributed by atoms with Gasteiger partial charge in [-0.1, -0.05) is 121 Å². The van der Waals surface area contributed by atoms with Gasteiger partial charge in [-0.25, -0.2) is 0 Å². The molecule has 0 saturated carbocycles. The van der Waals surface area contributed by atoms with Crippen LogP contribution in [0.5, 0.6) is 0 Å². The second-order valence-electron chi connectivity index (χ2n) is 10.9. The summed E-state index contributed by atoms with van der Waals surface area (Å²) in [5, 5.41) is 7.66. The largest absolute Gasteiger partial charge is 0.309 e. The molecule has 0 N–H and O–H groups in total. The van der Waals surface area contributed by atoms with Crippen molar-refractivity contribution in [2.24, 2.45) is 0 Å². The van der Waals surface area contributed by atoms with Crippen molar-refractivity contribution in [1.82, 2.24) is 9.13 Å². The zero-order chi connectivity index (χ0) is 27.6. The van der Waals surface area contributed by atoms with Crippen LogP contribution in [0.15, 0.2) is 158 Å². The van der Waals surface area contributed by atoms with Crippen molar-refractivity contribution >= 4 is 54.4 Å².